The van der Waals surface area contributed by atoms with Crippen LogP contribution in [0.5, 0.6) is 5.75 Å². The highest BCUT2D eigenvalue weighted by Gasteiger charge is 2.40. The Morgan fingerprint density at radius 3 is 2.56 bits per heavy atom. The lowest BCUT2D eigenvalue weighted by Crippen LogP contribution is -2.42. The molecule has 134 valence electrons. The van der Waals surface area contributed by atoms with Gasteiger partial charge in [0.2, 0.25) is 5.91 Å². The van der Waals surface area contributed by atoms with Gasteiger partial charge in [-0.05, 0) is 31.4 Å². The lowest BCUT2D eigenvalue weighted by molar-refractivity contribution is -0.142. The maximum Gasteiger partial charge on any atom is 0.324 e. The maximum absolute atomic E-state index is 12.5. The Labute approximate surface area is 146 Å². The number of fused-ring (bicyclic) bond motifs is 1. The number of benzene rings is 1. The van der Waals surface area contributed by atoms with E-state index in [9.17, 15) is 14.4 Å². The van der Waals surface area contributed by atoms with Crippen molar-refractivity contribution in [1.29, 1.82) is 0 Å². The molecule has 1 aromatic carbocycles. The van der Waals surface area contributed by atoms with E-state index in [0.717, 1.165) is 29.2 Å². The van der Waals surface area contributed by atoms with Gasteiger partial charge in [-0.2, -0.15) is 0 Å². The van der Waals surface area contributed by atoms with Crippen LogP contribution < -0.4 is 15.0 Å². The van der Waals surface area contributed by atoms with Crippen molar-refractivity contribution in [1.82, 2.24) is 10.2 Å². The lowest BCUT2D eigenvalue weighted by Gasteiger charge is -2.32. The minimum absolute atomic E-state index is 0.0151. The lowest BCUT2D eigenvalue weighted by atomic mass is 9.84. The van der Waals surface area contributed by atoms with Gasteiger partial charge in [-0.3, -0.25) is 14.5 Å². The molecular formula is C18H23N3O4. The number of hydrogen-bond acceptors (Lipinski definition) is 5. The smallest absolute Gasteiger partial charge is 0.324 e. The summed E-state index contributed by atoms with van der Waals surface area (Å²) in [4.78, 5) is 39.3. The highest BCUT2D eigenvalue weighted by molar-refractivity contribution is 6.02. The molecule has 1 N–H and O–H groups in total. The number of rotatable bonds is 5. The standard InChI is InChI=1S/C18H23N3O4/c1-4-20(5-2)12-6-7-13-11(3)14(17(23)25-15(13)8-12)10-21-16(22)9-19-18(21)24/h6-8,11,14H,4-5,9-10H2,1-3H3,(H,19,24). The number of nitrogens with zero attached hydrogens (tertiary/aromatic N) is 2. The molecule has 7 nitrogen and oxygen atoms in total. The summed E-state index contributed by atoms with van der Waals surface area (Å²) in [6.07, 6.45) is 0. The van der Waals surface area contributed by atoms with Gasteiger partial charge in [-0.25, -0.2) is 4.79 Å². The van der Waals surface area contributed by atoms with Crippen LogP contribution in [-0.4, -0.2) is 49.0 Å². The first-order valence-corrected chi connectivity index (χ1v) is 8.65. The Bertz CT molecular complexity index is 698. The quantitative estimate of drug-likeness (QED) is 0.499. The van der Waals surface area contributed by atoms with Crippen LogP contribution >= 0.6 is 0 Å². The molecule has 0 bridgehead atoms. The van der Waals surface area contributed by atoms with Crippen LogP contribution in [0.15, 0.2) is 18.2 Å². The molecule has 1 fully saturated rings. The minimum atomic E-state index is -0.556. The number of anilines is 1. The Morgan fingerprint density at radius 1 is 1.24 bits per heavy atom. The van der Waals surface area contributed by atoms with Crippen molar-refractivity contribution < 1.29 is 19.1 Å². The van der Waals surface area contributed by atoms with Gasteiger partial charge in [0, 0.05) is 31.4 Å². The number of urea groups is 1. The Balaban J connectivity index is 1.85. The molecule has 3 rings (SSSR count). The van der Waals surface area contributed by atoms with E-state index in [1.165, 1.54) is 0 Å². The fourth-order valence-corrected chi connectivity index (χ4v) is 3.45. The number of hydrogen-bond donors (Lipinski definition) is 1. The first kappa shape index (κ1) is 17.3. The van der Waals surface area contributed by atoms with Crippen LogP contribution in [0.25, 0.3) is 0 Å². The summed E-state index contributed by atoms with van der Waals surface area (Å²) in [6.45, 7) is 7.85. The van der Waals surface area contributed by atoms with Crippen molar-refractivity contribution in [2.24, 2.45) is 5.92 Å². The second-order valence-electron chi connectivity index (χ2n) is 6.37. The zero-order chi connectivity index (χ0) is 18.1. The molecule has 1 aromatic rings. The molecule has 2 aliphatic heterocycles. The second kappa shape index (κ2) is 6.74. The third-order valence-electron chi connectivity index (χ3n) is 5.05. The van der Waals surface area contributed by atoms with Crippen molar-refractivity contribution in [3.05, 3.63) is 23.8 Å². The van der Waals surface area contributed by atoms with E-state index in [0.29, 0.717) is 5.75 Å². The number of carbonyl (C=O) groups is 3. The van der Waals surface area contributed by atoms with E-state index >= 15 is 0 Å². The summed E-state index contributed by atoms with van der Waals surface area (Å²) in [5.41, 5.74) is 1.93. The molecular weight excluding hydrogens is 322 g/mol. The van der Waals surface area contributed by atoms with Gasteiger partial charge in [-0.1, -0.05) is 13.0 Å². The molecule has 2 heterocycles. The maximum atomic E-state index is 12.5. The third kappa shape index (κ3) is 3.06. The summed E-state index contributed by atoms with van der Waals surface area (Å²) < 4.78 is 5.54. The first-order valence-electron chi connectivity index (χ1n) is 8.65. The first-order chi connectivity index (χ1) is 12.0. The van der Waals surface area contributed by atoms with Gasteiger partial charge >= 0.3 is 12.0 Å². The number of imide groups is 1. The molecule has 25 heavy (non-hydrogen) atoms. The van der Waals surface area contributed by atoms with Crippen molar-refractivity contribution >= 4 is 23.6 Å². The number of amides is 3. The number of ether oxygens (including phenoxy) is 1. The average molecular weight is 345 g/mol. The van der Waals surface area contributed by atoms with E-state index in [-0.39, 0.29) is 24.9 Å². The van der Waals surface area contributed by atoms with Crippen molar-refractivity contribution in [2.75, 3.05) is 31.1 Å². The van der Waals surface area contributed by atoms with Crippen LogP contribution in [0.2, 0.25) is 0 Å². The monoisotopic (exact) mass is 345 g/mol. The summed E-state index contributed by atoms with van der Waals surface area (Å²) in [7, 11) is 0. The zero-order valence-corrected chi connectivity index (χ0v) is 14.7. The fraction of sp³-hybridized carbons (Fsp3) is 0.500. The Kier molecular flexibility index (Phi) is 4.65. The highest BCUT2D eigenvalue weighted by Crippen LogP contribution is 2.40. The van der Waals surface area contributed by atoms with E-state index < -0.39 is 17.9 Å². The number of nitrogens with one attached hydrogen (secondary N) is 1. The molecule has 3 amide bonds. The Morgan fingerprint density at radius 2 is 1.96 bits per heavy atom. The molecule has 0 aromatic heterocycles. The molecule has 0 saturated carbocycles. The third-order valence-corrected chi connectivity index (χ3v) is 5.05. The predicted octanol–water partition coefficient (Wildman–Crippen LogP) is 1.72. The molecule has 0 radical (unpaired) electrons. The van der Waals surface area contributed by atoms with Gasteiger partial charge in [0.15, 0.2) is 0 Å². The largest absolute Gasteiger partial charge is 0.426 e. The van der Waals surface area contributed by atoms with Crippen LogP contribution in [-0.2, 0) is 9.59 Å². The van der Waals surface area contributed by atoms with Crippen molar-refractivity contribution in [3.8, 4) is 5.75 Å². The zero-order valence-electron chi connectivity index (χ0n) is 14.7. The molecule has 1 saturated heterocycles. The molecule has 7 heteroatoms. The van der Waals surface area contributed by atoms with Gasteiger partial charge in [0.25, 0.3) is 0 Å². The van der Waals surface area contributed by atoms with Crippen molar-refractivity contribution in [2.45, 2.75) is 26.7 Å². The second-order valence-corrected chi connectivity index (χ2v) is 6.37. The molecule has 0 aliphatic carbocycles. The number of esters is 1. The fourth-order valence-electron chi connectivity index (χ4n) is 3.45. The Hall–Kier alpha value is -2.57. The number of carbonyl (C=O) groups excluding carboxylic acids is 3. The van der Waals surface area contributed by atoms with Gasteiger partial charge in [0.1, 0.15) is 5.75 Å². The van der Waals surface area contributed by atoms with Crippen LogP contribution in [0.4, 0.5) is 10.5 Å². The van der Waals surface area contributed by atoms with E-state index in [4.69, 9.17) is 4.74 Å². The summed E-state index contributed by atoms with van der Waals surface area (Å²) in [5.74, 6) is -0.838. The molecule has 2 unspecified atom stereocenters. The minimum Gasteiger partial charge on any atom is -0.426 e. The van der Waals surface area contributed by atoms with Crippen LogP contribution in [0.3, 0.4) is 0 Å². The highest BCUT2D eigenvalue weighted by atomic mass is 16.5. The van der Waals surface area contributed by atoms with Crippen LogP contribution in [0.1, 0.15) is 32.3 Å². The van der Waals surface area contributed by atoms with Gasteiger partial charge in [-0.15, -0.1) is 0 Å². The normalized spacial score (nSPS) is 22.5. The average Bonchev–Trinajstić information content (AvgIpc) is 2.91. The summed E-state index contributed by atoms with van der Waals surface area (Å²) >= 11 is 0. The molecule has 2 aliphatic rings. The van der Waals surface area contributed by atoms with Gasteiger partial charge < -0.3 is 15.0 Å². The SMILES string of the molecule is CCN(CC)c1ccc2c(c1)OC(=O)C(CN1C(=O)CNC1=O)C2C. The van der Waals surface area contributed by atoms with Gasteiger partial charge in [0.05, 0.1) is 12.5 Å². The predicted molar refractivity (Wildman–Crippen MR) is 92.7 cm³/mol. The van der Waals surface area contributed by atoms with E-state index in [2.05, 4.69) is 24.1 Å². The molecule has 0 spiro atoms. The summed E-state index contributed by atoms with van der Waals surface area (Å²) in [5, 5.41) is 2.47. The van der Waals surface area contributed by atoms with Crippen LogP contribution in [0, 0.1) is 5.92 Å². The molecule has 2 atom stereocenters. The van der Waals surface area contributed by atoms with E-state index in [1.807, 2.05) is 25.1 Å². The van der Waals surface area contributed by atoms with E-state index in [1.54, 1.807) is 0 Å². The summed E-state index contributed by atoms with van der Waals surface area (Å²) in [6, 6.07) is 5.43. The topological polar surface area (TPSA) is 79.0 Å². The van der Waals surface area contributed by atoms with Crippen molar-refractivity contribution in [3.63, 3.8) is 0 Å².